The first-order chi connectivity index (χ1) is 17.8. The Morgan fingerprint density at radius 2 is 1.76 bits per heavy atom. The molecule has 1 saturated heterocycles. The van der Waals surface area contributed by atoms with Gasteiger partial charge in [-0.05, 0) is 73.7 Å². The summed E-state index contributed by atoms with van der Waals surface area (Å²) in [5, 5.41) is 2.78. The van der Waals surface area contributed by atoms with Gasteiger partial charge < -0.3 is 15.1 Å². The number of fused-ring (bicyclic) bond motifs is 1. The molecule has 0 aliphatic carbocycles. The van der Waals surface area contributed by atoms with Crippen LogP contribution in [-0.2, 0) is 23.8 Å². The summed E-state index contributed by atoms with van der Waals surface area (Å²) >= 11 is 0. The Labute approximate surface area is 213 Å². The molecule has 1 N–H and O–H groups in total. The van der Waals surface area contributed by atoms with E-state index >= 15 is 0 Å². The van der Waals surface area contributed by atoms with Gasteiger partial charge in [-0.3, -0.25) is 14.6 Å². The fraction of sp³-hybridized carbons (Fsp3) is 0.321. The Morgan fingerprint density at radius 1 is 0.946 bits per heavy atom. The molecule has 2 amide bonds. The zero-order valence-corrected chi connectivity index (χ0v) is 20.2. The molecule has 0 radical (unpaired) electrons. The smallest absolute Gasteiger partial charge is 0.370 e. The number of anilines is 3. The molecule has 1 aromatic heterocycles. The summed E-state index contributed by atoms with van der Waals surface area (Å²) in [6.07, 6.45) is 0.422. The molecule has 0 saturated carbocycles. The summed E-state index contributed by atoms with van der Waals surface area (Å²) in [5.41, 5.74) is 1.99. The van der Waals surface area contributed by atoms with E-state index in [2.05, 4.69) is 10.3 Å². The van der Waals surface area contributed by atoms with Crippen LogP contribution in [0, 0.1) is 0 Å². The quantitative estimate of drug-likeness (QED) is 0.496. The number of carbonyl (C=O) groups excluding carboxylic acids is 2. The predicted molar refractivity (Wildman–Crippen MR) is 136 cm³/mol. The van der Waals surface area contributed by atoms with Crippen molar-refractivity contribution in [2.75, 3.05) is 34.8 Å². The molecular formula is C28H27F3N4O2. The molecule has 6 nitrogen and oxygen atoms in total. The fourth-order valence-electron chi connectivity index (χ4n) is 5.10. The van der Waals surface area contributed by atoms with Crippen LogP contribution in [0.25, 0.3) is 0 Å². The molecule has 1 fully saturated rings. The summed E-state index contributed by atoms with van der Waals surface area (Å²) in [4.78, 5) is 33.7. The monoisotopic (exact) mass is 508 g/mol. The van der Waals surface area contributed by atoms with Crippen LogP contribution in [0.15, 0.2) is 60.8 Å². The molecule has 9 heteroatoms. The maximum Gasteiger partial charge on any atom is 0.418 e. The molecule has 3 heterocycles. The van der Waals surface area contributed by atoms with Gasteiger partial charge in [0.2, 0.25) is 5.91 Å². The SMILES string of the molecule is O=C(Nc1ccc2c(c1)CCN2C(=O)Cc1ccccn1)c1cccc(C(F)(F)F)c1N1CCCCC1. The number of piperidine rings is 1. The molecule has 0 unspecified atom stereocenters. The van der Waals surface area contributed by atoms with Crippen molar-refractivity contribution < 1.29 is 22.8 Å². The first kappa shape index (κ1) is 24.8. The standard InChI is InChI=1S/C28H27F3N4O2/c29-28(30,31)23-9-6-8-22(26(23)34-14-4-1-5-15-34)27(37)33-21-10-11-24-19(17-21)12-16-35(24)25(36)18-20-7-2-3-13-32-20/h2-3,6-11,13,17H,1,4-5,12,14-16,18H2,(H,33,37). The zero-order valence-electron chi connectivity index (χ0n) is 20.2. The summed E-state index contributed by atoms with van der Waals surface area (Å²) in [6.45, 7) is 1.48. The van der Waals surface area contributed by atoms with Gasteiger partial charge in [-0.25, -0.2) is 0 Å². The number of rotatable bonds is 5. The predicted octanol–water partition coefficient (Wildman–Crippen LogP) is 5.47. The van der Waals surface area contributed by atoms with Gasteiger partial charge >= 0.3 is 6.18 Å². The number of para-hydroxylation sites is 1. The van der Waals surface area contributed by atoms with Gasteiger partial charge in [-0.1, -0.05) is 12.1 Å². The van der Waals surface area contributed by atoms with Crippen molar-refractivity contribution in [1.29, 1.82) is 0 Å². The number of alkyl halides is 3. The highest BCUT2D eigenvalue weighted by Crippen LogP contribution is 2.40. The number of nitrogens with zero attached hydrogens (tertiary/aromatic N) is 3. The molecule has 2 aliphatic heterocycles. The molecule has 2 aliphatic rings. The Morgan fingerprint density at radius 3 is 2.49 bits per heavy atom. The van der Waals surface area contributed by atoms with E-state index in [1.165, 1.54) is 12.1 Å². The lowest BCUT2D eigenvalue weighted by molar-refractivity contribution is -0.137. The van der Waals surface area contributed by atoms with Crippen LogP contribution in [0.5, 0.6) is 0 Å². The third-order valence-electron chi connectivity index (χ3n) is 6.85. The zero-order chi connectivity index (χ0) is 26.0. The minimum atomic E-state index is -4.57. The lowest BCUT2D eigenvalue weighted by atomic mass is 10.0. The van der Waals surface area contributed by atoms with E-state index in [4.69, 9.17) is 0 Å². The van der Waals surface area contributed by atoms with Crippen molar-refractivity contribution in [3.8, 4) is 0 Å². The molecule has 5 rings (SSSR count). The third kappa shape index (κ3) is 5.30. The lowest BCUT2D eigenvalue weighted by Crippen LogP contribution is -2.33. The van der Waals surface area contributed by atoms with Crippen LogP contribution >= 0.6 is 0 Å². The maximum absolute atomic E-state index is 13.9. The second-order valence-corrected chi connectivity index (χ2v) is 9.34. The number of aromatic nitrogens is 1. The summed E-state index contributed by atoms with van der Waals surface area (Å²) in [7, 11) is 0. The first-order valence-corrected chi connectivity index (χ1v) is 12.4. The van der Waals surface area contributed by atoms with Gasteiger partial charge in [0.25, 0.3) is 5.91 Å². The fourth-order valence-corrected chi connectivity index (χ4v) is 5.10. The molecule has 0 bridgehead atoms. The molecule has 3 aromatic rings. The van der Waals surface area contributed by atoms with Gasteiger partial charge in [0, 0.05) is 42.9 Å². The van der Waals surface area contributed by atoms with Crippen LogP contribution in [0.4, 0.5) is 30.2 Å². The van der Waals surface area contributed by atoms with Gasteiger partial charge in [0.15, 0.2) is 0 Å². The maximum atomic E-state index is 13.9. The number of hydrogen-bond acceptors (Lipinski definition) is 4. The second kappa shape index (κ2) is 10.2. The van der Waals surface area contributed by atoms with Crippen molar-refractivity contribution in [3.05, 3.63) is 83.2 Å². The van der Waals surface area contributed by atoms with Crippen molar-refractivity contribution >= 4 is 28.9 Å². The van der Waals surface area contributed by atoms with Crippen LogP contribution < -0.4 is 15.1 Å². The molecule has 2 aromatic carbocycles. The number of pyridine rings is 1. The van der Waals surface area contributed by atoms with Crippen molar-refractivity contribution in [1.82, 2.24) is 4.98 Å². The molecule has 37 heavy (non-hydrogen) atoms. The second-order valence-electron chi connectivity index (χ2n) is 9.34. The van der Waals surface area contributed by atoms with E-state index in [-0.39, 0.29) is 23.6 Å². The summed E-state index contributed by atoms with van der Waals surface area (Å²) in [5.74, 6) is -0.655. The van der Waals surface area contributed by atoms with Crippen LogP contribution in [-0.4, -0.2) is 36.4 Å². The minimum absolute atomic E-state index is 0.00406. The van der Waals surface area contributed by atoms with E-state index in [0.29, 0.717) is 37.4 Å². The highest BCUT2D eigenvalue weighted by molar-refractivity contribution is 6.09. The highest BCUT2D eigenvalue weighted by Gasteiger charge is 2.37. The average molecular weight is 509 g/mol. The van der Waals surface area contributed by atoms with Crippen LogP contribution in [0.2, 0.25) is 0 Å². The van der Waals surface area contributed by atoms with Gasteiger partial charge in [-0.2, -0.15) is 13.2 Å². The van der Waals surface area contributed by atoms with Crippen molar-refractivity contribution in [2.45, 2.75) is 38.3 Å². The number of carbonyl (C=O) groups is 2. The van der Waals surface area contributed by atoms with E-state index < -0.39 is 17.6 Å². The topological polar surface area (TPSA) is 65.5 Å². The van der Waals surface area contributed by atoms with Gasteiger partial charge in [-0.15, -0.1) is 0 Å². The van der Waals surface area contributed by atoms with E-state index in [1.54, 1.807) is 46.3 Å². The van der Waals surface area contributed by atoms with Crippen LogP contribution in [0.3, 0.4) is 0 Å². The molecular weight excluding hydrogens is 481 g/mol. The van der Waals surface area contributed by atoms with Crippen molar-refractivity contribution in [3.63, 3.8) is 0 Å². The number of halogens is 3. The number of amides is 2. The van der Waals surface area contributed by atoms with Gasteiger partial charge in [0.1, 0.15) is 0 Å². The minimum Gasteiger partial charge on any atom is -0.370 e. The summed E-state index contributed by atoms with van der Waals surface area (Å²) < 4.78 is 41.6. The number of nitrogens with one attached hydrogen (secondary N) is 1. The van der Waals surface area contributed by atoms with E-state index in [1.807, 2.05) is 6.07 Å². The first-order valence-electron chi connectivity index (χ1n) is 12.4. The lowest BCUT2D eigenvalue weighted by Gasteiger charge is -2.32. The van der Waals surface area contributed by atoms with Gasteiger partial charge in [0.05, 0.1) is 23.2 Å². The Balaban J connectivity index is 1.37. The third-order valence-corrected chi connectivity index (χ3v) is 6.85. The normalized spacial score (nSPS) is 15.4. The largest absolute Gasteiger partial charge is 0.418 e. The molecule has 192 valence electrons. The molecule has 0 atom stereocenters. The Kier molecular flexibility index (Phi) is 6.86. The van der Waals surface area contributed by atoms with E-state index in [9.17, 15) is 22.8 Å². The Bertz CT molecular complexity index is 1300. The Hall–Kier alpha value is -3.88. The van der Waals surface area contributed by atoms with Crippen LogP contribution in [0.1, 0.15) is 46.4 Å². The van der Waals surface area contributed by atoms with Crippen molar-refractivity contribution in [2.24, 2.45) is 0 Å². The highest BCUT2D eigenvalue weighted by atomic mass is 19.4. The average Bonchev–Trinajstić information content (AvgIpc) is 3.32. The number of benzene rings is 2. The summed E-state index contributed by atoms with van der Waals surface area (Å²) in [6, 6.07) is 14.4. The number of hydrogen-bond donors (Lipinski definition) is 1. The van der Waals surface area contributed by atoms with E-state index in [0.717, 1.165) is 36.6 Å². The molecule has 0 spiro atoms.